The quantitative estimate of drug-likeness (QED) is 0.157. The summed E-state index contributed by atoms with van der Waals surface area (Å²) in [5, 5.41) is 7.35. The zero-order valence-corrected chi connectivity index (χ0v) is 33.4. The van der Waals surface area contributed by atoms with Gasteiger partial charge in [-0.05, 0) is 112 Å². The third kappa shape index (κ3) is 5.82. The lowest BCUT2D eigenvalue weighted by molar-refractivity contribution is 1.18. The summed E-state index contributed by atoms with van der Waals surface area (Å²) in [5.41, 5.74) is 15.1. The molecule has 0 spiro atoms. The average molecular weight is 778 g/mol. The molecule has 2 aromatic heterocycles. The molecular weight excluding hydrogens is 739 g/mol. The summed E-state index contributed by atoms with van der Waals surface area (Å²) in [4.78, 5) is 2.38. The van der Waals surface area contributed by atoms with E-state index in [2.05, 4.69) is 251 Å². The van der Waals surface area contributed by atoms with Crippen molar-refractivity contribution >= 4 is 71.4 Å². The molecule has 10 aromatic carbocycles. The number of para-hydroxylation sites is 3. The number of anilines is 3. The highest BCUT2D eigenvalue weighted by Crippen LogP contribution is 2.43. The van der Waals surface area contributed by atoms with Crippen LogP contribution in [0.3, 0.4) is 0 Å². The Labute approximate surface area is 354 Å². The predicted octanol–water partition coefficient (Wildman–Crippen LogP) is 15.8. The molecule has 12 rings (SSSR count). The Hall–Kier alpha value is -8.14. The molecule has 0 N–H and O–H groups in total. The lowest BCUT2D eigenvalue weighted by Crippen LogP contribution is -2.10. The number of hydrogen-bond acceptors (Lipinski definition) is 1. The van der Waals surface area contributed by atoms with Gasteiger partial charge in [-0.2, -0.15) is 0 Å². The molecular formula is C58H39N3. The first-order chi connectivity index (χ1) is 30.3. The minimum Gasteiger partial charge on any atom is -0.310 e. The van der Waals surface area contributed by atoms with Crippen molar-refractivity contribution in [2.24, 2.45) is 0 Å². The summed E-state index contributed by atoms with van der Waals surface area (Å²) in [5.74, 6) is 0. The van der Waals surface area contributed by atoms with Crippen molar-refractivity contribution in [3.63, 3.8) is 0 Å². The van der Waals surface area contributed by atoms with Gasteiger partial charge < -0.3 is 14.0 Å². The Kier molecular flexibility index (Phi) is 8.17. The highest BCUT2D eigenvalue weighted by molar-refractivity contribution is 6.26. The molecule has 0 amide bonds. The maximum Gasteiger partial charge on any atom is 0.0641 e. The van der Waals surface area contributed by atoms with Crippen molar-refractivity contribution < 1.29 is 0 Å². The van der Waals surface area contributed by atoms with Crippen molar-refractivity contribution in [3.8, 4) is 33.6 Å². The smallest absolute Gasteiger partial charge is 0.0641 e. The number of nitrogens with zero attached hydrogens (tertiary/aromatic N) is 3. The molecule has 0 aliphatic rings. The Morgan fingerprint density at radius 3 is 1.61 bits per heavy atom. The third-order valence-corrected chi connectivity index (χ3v) is 12.3. The Morgan fingerprint density at radius 1 is 0.279 bits per heavy atom. The van der Waals surface area contributed by atoms with Crippen LogP contribution in [0.1, 0.15) is 0 Å². The molecule has 2 heterocycles. The molecule has 0 aliphatic heterocycles. The van der Waals surface area contributed by atoms with Crippen molar-refractivity contribution in [3.05, 3.63) is 237 Å². The largest absolute Gasteiger partial charge is 0.310 e. The molecule has 0 atom stereocenters. The molecule has 3 nitrogen and oxygen atoms in total. The van der Waals surface area contributed by atoms with E-state index in [1.165, 1.54) is 76.6 Å². The van der Waals surface area contributed by atoms with Crippen LogP contribution in [0, 0.1) is 0 Å². The van der Waals surface area contributed by atoms with E-state index in [4.69, 9.17) is 0 Å². The van der Waals surface area contributed by atoms with Crippen molar-refractivity contribution in [1.29, 1.82) is 0 Å². The number of hydrogen-bond donors (Lipinski definition) is 0. The van der Waals surface area contributed by atoms with Crippen LogP contribution in [-0.4, -0.2) is 9.13 Å². The first kappa shape index (κ1) is 34.9. The zero-order valence-electron chi connectivity index (χ0n) is 33.4. The van der Waals surface area contributed by atoms with E-state index in [0.29, 0.717) is 0 Å². The fourth-order valence-corrected chi connectivity index (χ4v) is 9.47. The molecule has 3 heteroatoms. The fraction of sp³-hybridized carbons (Fsp3) is 0. The minimum absolute atomic E-state index is 1.10. The predicted molar refractivity (Wildman–Crippen MR) is 258 cm³/mol. The van der Waals surface area contributed by atoms with Gasteiger partial charge in [-0.15, -0.1) is 0 Å². The zero-order chi connectivity index (χ0) is 40.3. The summed E-state index contributed by atoms with van der Waals surface area (Å²) >= 11 is 0. The molecule has 0 radical (unpaired) electrons. The third-order valence-electron chi connectivity index (χ3n) is 12.3. The van der Waals surface area contributed by atoms with E-state index in [0.717, 1.165) is 28.4 Å². The highest BCUT2D eigenvalue weighted by Gasteiger charge is 2.21. The molecule has 0 fully saturated rings. The average Bonchev–Trinajstić information content (AvgIpc) is 3.86. The van der Waals surface area contributed by atoms with E-state index in [9.17, 15) is 0 Å². The molecule has 0 bridgehead atoms. The monoisotopic (exact) mass is 777 g/mol. The Balaban J connectivity index is 1.06. The first-order valence-electron chi connectivity index (χ1n) is 20.9. The number of rotatable bonds is 7. The maximum atomic E-state index is 2.49. The van der Waals surface area contributed by atoms with E-state index in [1.807, 2.05) is 0 Å². The van der Waals surface area contributed by atoms with Crippen molar-refractivity contribution in [1.82, 2.24) is 9.13 Å². The lowest BCUT2D eigenvalue weighted by atomic mass is 10.0. The van der Waals surface area contributed by atoms with Crippen LogP contribution in [0.5, 0.6) is 0 Å². The number of fused-ring (bicyclic) bond motifs is 8. The van der Waals surface area contributed by atoms with Crippen molar-refractivity contribution in [2.75, 3.05) is 4.90 Å². The van der Waals surface area contributed by atoms with E-state index in [1.54, 1.807) is 0 Å². The van der Waals surface area contributed by atoms with Crippen LogP contribution in [0.15, 0.2) is 237 Å². The number of benzene rings is 10. The van der Waals surface area contributed by atoms with Crippen LogP contribution in [0.2, 0.25) is 0 Å². The van der Waals surface area contributed by atoms with Crippen LogP contribution in [-0.2, 0) is 0 Å². The topological polar surface area (TPSA) is 13.1 Å². The fourth-order valence-electron chi connectivity index (χ4n) is 9.47. The van der Waals surface area contributed by atoms with Crippen LogP contribution < -0.4 is 4.90 Å². The van der Waals surface area contributed by atoms with Crippen LogP contribution in [0.25, 0.3) is 88.0 Å². The van der Waals surface area contributed by atoms with Gasteiger partial charge in [0.05, 0.1) is 22.1 Å². The first-order valence-corrected chi connectivity index (χ1v) is 20.9. The number of aromatic nitrogens is 2. The van der Waals surface area contributed by atoms with Crippen molar-refractivity contribution in [2.45, 2.75) is 0 Å². The summed E-state index contributed by atoms with van der Waals surface area (Å²) in [7, 11) is 0. The van der Waals surface area contributed by atoms with Gasteiger partial charge in [0.15, 0.2) is 0 Å². The molecule has 0 unspecified atom stereocenters. The summed E-state index contributed by atoms with van der Waals surface area (Å²) < 4.78 is 4.90. The van der Waals surface area contributed by atoms with Gasteiger partial charge in [0.2, 0.25) is 0 Å². The van der Waals surface area contributed by atoms with E-state index >= 15 is 0 Å². The lowest BCUT2D eigenvalue weighted by Gasteiger charge is -2.26. The normalized spacial score (nSPS) is 11.6. The summed E-state index contributed by atoms with van der Waals surface area (Å²) in [6.07, 6.45) is 0. The van der Waals surface area contributed by atoms with E-state index < -0.39 is 0 Å². The second-order valence-electron chi connectivity index (χ2n) is 15.8. The molecule has 0 aliphatic carbocycles. The van der Waals surface area contributed by atoms with Crippen LogP contribution >= 0.6 is 0 Å². The van der Waals surface area contributed by atoms with Crippen LogP contribution in [0.4, 0.5) is 17.1 Å². The van der Waals surface area contributed by atoms with Gasteiger partial charge in [0.1, 0.15) is 0 Å². The second kappa shape index (κ2) is 14.3. The molecule has 286 valence electrons. The molecule has 12 aromatic rings. The molecule has 0 saturated heterocycles. The SMILES string of the molecule is c1ccc(-c2ccc(N(c3cccc(-c4ccccc4)c3)c3ccc4ccc(-n5c6ccccc6c6ccc7c(c8ccccc8n7-c7ccccc7)c65)cc4c3)cc2)cc1. The summed E-state index contributed by atoms with van der Waals surface area (Å²) in [6, 6.07) is 85.9. The second-order valence-corrected chi connectivity index (χ2v) is 15.8. The van der Waals surface area contributed by atoms with Gasteiger partial charge in [0.25, 0.3) is 0 Å². The molecule has 61 heavy (non-hydrogen) atoms. The Morgan fingerprint density at radius 2 is 0.852 bits per heavy atom. The Bertz CT molecular complexity index is 3560. The minimum atomic E-state index is 1.10. The van der Waals surface area contributed by atoms with Gasteiger partial charge >= 0.3 is 0 Å². The highest BCUT2D eigenvalue weighted by atomic mass is 15.1. The van der Waals surface area contributed by atoms with Gasteiger partial charge in [-0.3, -0.25) is 0 Å². The van der Waals surface area contributed by atoms with Gasteiger partial charge in [0, 0.05) is 50.0 Å². The standard InChI is InChI=1S/C58H39N3/c1-4-15-40(16-5-1)42-27-31-47(32-28-42)59(48-22-14-19-44(37-48)41-17-6-2-7-18-41)49-33-29-43-30-34-50(39-45(43)38-49)61-54-25-12-10-23-51(54)52-35-36-56-57(58(52)61)53-24-11-13-26-55(53)60(56)46-20-8-3-9-21-46/h1-39H. The van der Waals surface area contributed by atoms with Gasteiger partial charge in [-0.25, -0.2) is 0 Å². The van der Waals surface area contributed by atoms with Gasteiger partial charge in [-0.1, -0.05) is 158 Å². The van der Waals surface area contributed by atoms with E-state index in [-0.39, 0.29) is 0 Å². The summed E-state index contributed by atoms with van der Waals surface area (Å²) in [6.45, 7) is 0. The maximum absolute atomic E-state index is 2.49. The molecule has 0 saturated carbocycles.